The number of amides is 1. The monoisotopic (exact) mass is 345 g/mol. The molecule has 0 atom stereocenters. The molecular weight excluding hydrogens is 337 g/mol. The van der Waals surface area contributed by atoms with Crippen LogP contribution in [-0.2, 0) is 11.3 Å². The molecule has 2 rings (SSSR count). The molecular formula is C13H10Cl3N3O2. The summed E-state index contributed by atoms with van der Waals surface area (Å²) in [6.07, 6.45) is 1.21. The Labute approximate surface area is 135 Å². The van der Waals surface area contributed by atoms with Crippen molar-refractivity contribution < 1.29 is 4.79 Å². The van der Waals surface area contributed by atoms with E-state index in [4.69, 9.17) is 34.8 Å². The zero-order valence-corrected chi connectivity index (χ0v) is 13.1. The van der Waals surface area contributed by atoms with E-state index in [1.54, 1.807) is 18.2 Å². The summed E-state index contributed by atoms with van der Waals surface area (Å²) in [7, 11) is 0. The van der Waals surface area contributed by atoms with Gasteiger partial charge < -0.3 is 5.32 Å². The third-order valence-electron chi connectivity index (χ3n) is 2.71. The van der Waals surface area contributed by atoms with Crippen LogP contribution in [0.4, 0.5) is 5.69 Å². The Balaban J connectivity index is 2.18. The first-order valence-corrected chi connectivity index (χ1v) is 6.99. The number of aromatic nitrogens is 2. The highest BCUT2D eigenvalue weighted by Crippen LogP contribution is 2.20. The number of nitrogens with one attached hydrogen (secondary N) is 1. The molecule has 0 aliphatic carbocycles. The summed E-state index contributed by atoms with van der Waals surface area (Å²) in [5.74, 6) is -0.423. The van der Waals surface area contributed by atoms with Crippen molar-refractivity contribution in [2.24, 2.45) is 0 Å². The first kappa shape index (κ1) is 15.8. The van der Waals surface area contributed by atoms with Crippen LogP contribution >= 0.6 is 34.8 Å². The van der Waals surface area contributed by atoms with Crippen molar-refractivity contribution in [1.29, 1.82) is 0 Å². The van der Waals surface area contributed by atoms with E-state index in [1.165, 1.54) is 6.20 Å². The summed E-state index contributed by atoms with van der Waals surface area (Å²) in [5.41, 5.74) is 0.796. The van der Waals surface area contributed by atoms with Crippen LogP contribution in [0.2, 0.25) is 15.1 Å². The van der Waals surface area contributed by atoms with Gasteiger partial charge in [0.25, 0.3) is 5.56 Å². The number of aryl methyl sites for hydroxylation is 1. The predicted molar refractivity (Wildman–Crippen MR) is 83.3 cm³/mol. The summed E-state index contributed by atoms with van der Waals surface area (Å²) < 4.78 is 0.934. The molecule has 0 spiro atoms. The van der Waals surface area contributed by atoms with Gasteiger partial charge in [-0.05, 0) is 24.6 Å². The van der Waals surface area contributed by atoms with Gasteiger partial charge in [-0.2, -0.15) is 5.10 Å². The summed E-state index contributed by atoms with van der Waals surface area (Å²) in [6.45, 7) is 1.55. The van der Waals surface area contributed by atoms with Crippen LogP contribution in [0.3, 0.4) is 0 Å². The second-order valence-corrected chi connectivity index (χ2v) is 5.50. The van der Waals surface area contributed by atoms with Crippen molar-refractivity contribution in [3.8, 4) is 0 Å². The maximum Gasteiger partial charge on any atom is 0.287 e. The molecule has 0 fully saturated rings. The summed E-state index contributed by atoms with van der Waals surface area (Å²) in [6, 6.07) is 5.12. The molecule has 0 unspecified atom stereocenters. The van der Waals surface area contributed by atoms with E-state index in [0.717, 1.165) is 10.2 Å². The Morgan fingerprint density at radius 2 is 2.05 bits per heavy atom. The molecule has 2 aromatic rings. The van der Waals surface area contributed by atoms with Crippen LogP contribution in [0, 0.1) is 6.92 Å². The Bertz CT molecular complexity index is 759. The Hall–Kier alpha value is -1.56. The van der Waals surface area contributed by atoms with Crippen LogP contribution in [0.25, 0.3) is 0 Å². The quantitative estimate of drug-likeness (QED) is 0.928. The third-order valence-corrected chi connectivity index (χ3v) is 3.69. The number of benzene rings is 1. The van der Waals surface area contributed by atoms with Gasteiger partial charge >= 0.3 is 0 Å². The van der Waals surface area contributed by atoms with Gasteiger partial charge in [-0.1, -0.05) is 40.9 Å². The molecule has 0 aliphatic rings. The van der Waals surface area contributed by atoms with Crippen LogP contribution in [0.5, 0.6) is 0 Å². The predicted octanol–water partition coefficient (Wildman–Crippen LogP) is 3.15. The van der Waals surface area contributed by atoms with E-state index in [1.807, 2.05) is 6.92 Å². The Kier molecular flexibility index (Phi) is 4.88. The molecule has 1 amide bonds. The van der Waals surface area contributed by atoms with Crippen molar-refractivity contribution in [2.75, 3.05) is 5.32 Å². The second-order valence-electron chi connectivity index (χ2n) is 4.28. The highest BCUT2D eigenvalue weighted by atomic mass is 35.5. The summed E-state index contributed by atoms with van der Waals surface area (Å²) in [5, 5.41) is 6.80. The van der Waals surface area contributed by atoms with Gasteiger partial charge in [0.05, 0.1) is 11.2 Å². The zero-order valence-electron chi connectivity index (χ0n) is 10.9. The Morgan fingerprint density at radius 3 is 2.76 bits per heavy atom. The molecule has 0 saturated heterocycles. The van der Waals surface area contributed by atoms with Gasteiger partial charge in [-0.3, -0.25) is 9.59 Å². The van der Waals surface area contributed by atoms with E-state index >= 15 is 0 Å². The molecule has 1 aromatic carbocycles. The zero-order chi connectivity index (χ0) is 15.6. The highest BCUT2D eigenvalue weighted by Gasteiger charge is 2.12. The van der Waals surface area contributed by atoms with Crippen LogP contribution in [-0.4, -0.2) is 15.7 Å². The lowest BCUT2D eigenvalue weighted by atomic mass is 10.2. The van der Waals surface area contributed by atoms with Gasteiger partial charge in [0.1, 0.15) is 11.6 Å². The van der Waals surface area contributed by atoms with Crippen molar-refractivity contribution in [3.63, 3.8) is 0 Å². The van der Waals surface area contributed by atoms with Crippen molar-refractivity contribution >= 4 is 46.4 Å². The molecule has 1 N–H and O–H groups in total. The average Bonchev–Trinajstić information content (AvgIpc) is 2.43. The summed E-state index contributed by atoms with van der Waals surface area (Å²) in [4.78, 5) is 23.7. The largest absolute Gasteiger partial charge is 0.324 e. The number of hydrogen-bond donors (Lipinski definition) is 1. The molecule has 5 nitrogen and oxygen atoms in total. The van der Waals surface area contributed by atoms with E-state index in [-0.39, 0.29) is 16.6 Å². The van der Waals surface area contributed by atoms with E-state index < -0.39 is 11.5 Å². The third kappa shape index (κ3) is 3.75. The Morgan fingerprint density at radius 1 is 1.33 bits per heavy atom. The molecule has 8 heteroatoms. The molecule has 110 valence electrons. The van der Waals surface area contributed by atoms with Crippen LogP contribution in [0.1, 0.15) is 5.56 Å². The first-order chi connectivity index (χ1) is 9.88. The molecule has 0 bridgehead atoms. The van der Waals surface area contributed by atoms with Crippen LogP contribution < -0.4 is 10.9 Å². The number of halogens is 3. The topological polar surface area (TPSA) is 64.0 Å². The number of carbonyl (C=O) groups excluding carboxylic acids is 1. The number of hydrogen-bond acceptors (Lipinski definition) is 3. The average molecular weight is 347 g/mol. The summed E-state index contributed by atoms with van der Waals surface area (Å²) >= 11 is 17.3. The number of anilines is 1. The minimum atomic E-state index is -0.623. The van der Waals surface area contributed by atoms with Gasteiger partial charge in [-0.15, -0.1) is 0 Å². The smallest absolute Gasteiger partial charge is 0.287 e. The van der Waals surface area contributed by atoms with Crippen molar-refractivity contribution in [1.82, 2.24) is 9.78 Å². The van der Waals surface area contributed by atoms with Crippen molar-refractivity contribution in [3.05, 3.63) is 55.4 Å². The number of rotatable bonds is 3. The molecule has 21 heavy (non-hydrogen) atoms. The normalized spacial score (nSPS) is 10.5. The minimum Gasteiger partial charge on any atom is -0.324 e. The standard InChI is InChI=1S/C13H10Cl3N3O2/c1-7-2-3-8(14)4-10(7)18-11(20)6-19-13(21)12(16)9(15)5-17-19/h2-5H,6H2,1H3,(H,18,20). The molecule has 1 aromatic heterocycles. The number of carbonyl (C=O) groups is 1. The van der Waals surface area contributed by atoms with Crippen LogP contribution in [0.15, 0.2) is 29.2 Å². The first-order valence-electron chi connectivity index (χ1n) is 5.85. The van der Waals surface area contributed by atoms with E-state index in [0.29, 0.717) is 10.7 Å². The maximum atomic E-state index is 12.0. The lowest BCUT2D eigenvalue weighted by molar-refractivity contribution is -0.117. The lowest BCUT2D eigenvalue weighted by Crippen LogP contribution is -2.30. The fourth-order valence-corrected chi connectivity index (χ4v) is 2.06. The van der Waals surface area contributed by atoms with Gasteiger partial charge in [0.15, 0.2) is 0 Å². The van der Waals surface area contributed by atoms with Gasteiger partial charge in [0.2, 0.25) is 5.91 Å². The molecule has 1 heterocycles. The van der Waals surface area contributed by atoms with Crippen molar-refractivity contribution in [2.45, 2.75) is 13.5 Å². The minimum absolute atomic E-state index is 0.0454. The number of nitrogens with zero attached hydrogens (tertiary/aromatic N) is 2. The maximum absolute atomic E-state index is 12.0. The fraction of sp³-hybridized carbons (Fsp3) is 0.154. The molecule has 0 saturated carbocycles. The lowest BCUT2D eigenvalue weighted by Gasteiger charge is -2.09. The van der Waals surface area contributed by atoms with E-state index in [2.05, 4.69) is 10.4 Å². The highest BCUT2D eigenvalue weighted by molar-refractivity contribution is 6.41. The fourth-order valence-electron chi connectivity index (χ4n) is 1.61. The van der Waals surface area contributed by atoms with E-state index in [9.17, 15) is 9.59 Å². The van der Waals surface area contributed by atoms with Gasteiger partial charge in [-0.25, -0.2) is 4.68 Å². The second kappa shape index (κ2) is 6.47. The van der Waals surface area contributed by atoms with Gasteiger partial charge in [0, 0.05) is 10.7 Å². The molecule has 0 radical (unpaired) electrons. The molecule has 0 aliphatic heterocycles. The SMILES string of the molecule is Cc1ccc(Cl)cc1NC(=O)Cn1ncc(Cl)c(Cl)c1=O.